The fourth-order valence-corrected chi connectivity index (χ4v) is 3.74. The van der Waals surface area contributed by atoms with Gasteiger partial charge in [0.05, 0.1) is 11.1 Å². The van der Waals surface area contributed by atoms with Gasteiger partial charge in [-0.2, -0.15) is 0 Å². The molecule has 23 heavy (non-hydrogen) atoms. The highest BCUT2D eigenvalue weighted by molar-refractivity contribution is 9.10. The molecular weight excluding hydrogens is 360 g/mol. The van der Waals surface area contributed by atoms with Crippen molar-refractivity contribution in [2.24, 2.45) is 5.41 Å². The Kier molecular flexibility index (Phi) is 4.04. The zero-order chi connectivity index (χ0) is 16.8. The lowest BCUT2D eigenvalue weighted by atomic mass is 9.92. The van der Waals surface area contributed by atoms with Crippen molar-refractivity contribution in [3.63, 3.8) is 0 Å². The van der Waals surface area contributed by atoms with Gasteiger partial charge in [-0.15, -0.1) is 0 Å². The third-order valence-corrected chi connectivity index (χ3v) is 5.06. The Morgan fingerprint density at radius 1 is 1.30 bits per heavy atom. The number of amides is 3. The standard InChI is InChI=1S/C17H19BrN2O3/c1-17(2)6-5-11(8-17)19-14(21)9-20-15(22)12-4-3-10(18)7-13(12)16(20)23/h3-4,7,11H,5-6,8-9H2,1-2H3,(H,19,21). The maximum Gasteiger partial charge on any atom is 0.262 e. The number of carbonyl (C=O) groups is 3. The summed E-state index contributed by atoms with van der Waals surface area (Å²) in [6, 6.07) is 5.07. The van der Waals surface area contributed by atoms with Crippen LogP contribution in [0.25, 0.3) is 0 Å². The summed E-state index contributed by atoms with van der Waals surface area (Å²) >= 11 is 3.29. The molecule has 1 aliphatic carbocycles. The number of benzene rings is 1. The van der Waals surface area contributed by atoms with Gasteiger partial charge in [0, 0.05) is 10.5 Å². The Bertz CT molecular complexity index is 699. The molecule has 3 rings (SSSR count). The molecule has 1 aromatic rings. The monoisotopic (exact) mass is 378 g/mol. The van der Waals surface area contributed by atoms with Crippen LogP contribution in [-0.2, 0) is 4.79 Å². The molecule has 6 heteroatoms. The molecule has 1 N–H and O–H groups in total. The van der Waals surface area contributed by atoms with E-state index in [4.69, 9.17) is 0 Å². The Hall–Kier alpha value is -1.69. The van der Waals surface area contributed by atoms with Gasteiger partial charge in [-0.3, -0.25) is 19.3 Å². The predicted molar refractivity (Wildman–Crippen MR) is 89.1 cm³/mol. The minimum absolute atomic E-state index is 0.127. The number of carbonyl (C=O) groups excluding carboxylic acids is 3. The lowest BCUT2D eigenvalue weighted by molar-refractivity contribution is -0.122. The first-order valence-electron chi connectivity index (χ1n) is 7.72. The van der Waals surface area contributed by atoms with Gasteiger partial charge >= 0.3 is 0 Å². The van der Waals surface area contributed by atoms with Crippen LogP contribution in [0.5, 0.6) is 0 Å². The van der Waals surface area contributed by atoms with Crippen LogP contribution >= 0.6 is 15.9 Å². The number of hydrogen-bond acceptors (Lipinski definition) is 3. The first-order chi connectivity index (χ1) is 10.8. The third kappa shape index (κ3) is 3.17. The summed E-state index contributed by atoms with van der Waals surface area (Å²) in [5.74, 6) is -1.09. The van der Waals surface area contributed by atoms with Crippen molar-refractivity contribution in [2.45, 2.75) is 39.2 Å². The predicted octanol–water partition coefficient (Wildman–Crippen LogP) is 2.74. The normalized spacial score (nSPS) is 22.4. The largest absolute Gasteiger partial charge is 0.352 e. The van der Waals surface area contributed by atoms with Crippen molar-refractivity contribution < 1.29 is 14.4 Å². The van der Waals surface area contributed by atoms with Gasteiger partial charge < -0.3 is 5.32 Å². The summed E-state index contributed by atoms with van der Waals surface area (Å²) in [7, 11) is 0. The van der Waals surface area contributed by atoms with Gasteiger partial charge in [-0.25, -0.2) is 0 Å². The second-order valence-corrected chi connectivity index (χ2v) is 7.97. The van der Waals surface area contributed by atoms with E-state index in [1.165, 1.54) is 0 Å². The number of fused-ring (bicyclic) bond motifs is 1. The van der Waals surface area contributed by atoms with Crippen LogP contribution < -0.4 is 5.32 Å². The minimum atomic E-state index is -0.409. The fraction of sp³-hybridized carbons (Fsp3) is 0.471. The van der Waals surface area contributed by atoms with E-state index in [-0.39, 0.29) is 23.9 Å². The average molecular weight is 379 g/mol. The maximum atomic E-state index is 12.3. The lowest BCUT2D eigenvalue weighted by Crippen LogP contribution is -2.43. The Morgan fingerprint density at radius 2 is 2.00 bits per heavy atom. The first-order valence-corrected chi connectivity index (χ1v) is 8.51. The van der Waals surface area contributed by atoms with Gasteiger partial charge in [-0.1, -0.05) is 29.8 Å². The molecular formula is C17H19BrN2O3. The molecule has 0 radical (unpaired) electrons. The molecule has 1 aliphatic heterocycles. The van der Waals surface area contributed by atoms with Gasteiger partial charge in [0.2, 0.25) is 5.91 Å². The van der Waals surface area contributed by atoms with E-state index in [1.807, 2.05) is 0 Å². The van der Waals surface area contributed by atoms with Crippen LogP contribution in [0.4, 0.5) is 0 Å². The van der Waals surface area contributed by atoms with Crippen LogP contribution in [0.2, 0.25) is 0 Å². The number of nitrogens with zero attached hydrogens (tertiary/aromatic N) is 1. The zero-order valence-corrected chi connectivity index (χ0v) is 14.8. The van der Waals surface area contributed by atoms with E-state index in [0.717, 1.165) is 28.6 Å². The molecule has 1 unspecified atom stereocenters. The van der Waals surface area contributed by atoms with Crippen molar-refractivity contribution in [1.82, 2.24) is 10.2 Å². The van der Waals surface area contributed by atoms with Crippen molar-refractivity contribution >= 4 is 33.7 Å². The number of nitrogens with one attached hydrogen (secondary N) is 1. The maximum absolute atomic E-state index is 12.3. The highest BCUT2D eigenvalue weighted by Gasteiger charge is 2.37. The highest BCUT2D eigenvalue weighted by atomic mass is 79.9. The molecule has 122 valence electrons. The topological polar surface area (TPSA) is 66.5 Å². The SMILES string of the molecule is CC1(C)CCC(NC(=O)CN2C(=O)c3ccc(Br)cc3C2=O)C1. The summed E-state index contributed by atoms with van der Waals surface area (Å²) in [5.41, 5.74) is 0.937. The van der Waals surface area contributed by atoms with Crippen LogP contribution in [0, 0.1) is 5.41 Å². The van der Waals surface area contributed by atoms with E-state index in [1.54, 1.807) is 18.2 Å². The number of imide groups is 1. The number of rotatable bonds is 3. The minimum Gasteiger partial charge on any atom is -0.352 e. The van der Waals surface area contributed by atoms with Gasteiger partial charge in [0.25, 0.3) is 11.8 Å². The zero-order valence-electron chi connectivity index (χ0n) is 13.2. The van der Waals surface area contributed by atoms with Crippen LogP contribution in [0.1, 0.15) is 53.8 Å². The van der Waals surface area contributed by atoms with E-state index in [2.05, 4.69) is 35.1 Å². The van der Waals surface area contributed by atoms with E-state index < -0.39 is 11.8 Å². The second kappa shape index (κ2) is 5.74. The van der Waals surface area contributed by atoms with Crippen molar-refractivity contribution in [1.29, 1.82) is 0 Å². The molecule has 1 aromatic carbocycles. The molecule has 1 saturated carbocycles. The Balaban J connectivity index is 1.66. The van der Waals surface area contributed by atoms with E-state index in [9.17, 15) is 14.4 Å². The summed E-state index contributed by atoms with van der Waals surface area (Å²) < 4.78 is 0.733. The first kappa shape index (κ1) is 16.2. The molecule has 1 fully saturated rings. The van der Waals surface area contributed by atoms with Crippen LogP contribution in [-0.4, -0.2) is 35.2 Å². The number of hydrogen-bond donors (Lipinski definition) is 1. The van der Waals surface area contributed by atoms with Gasteiger partial charge in [0.15, 0.2) is 0 Å². The van der Waals surface area contributed by atoms with Crippen molar-refractivity contribution in [2.75, 3.05) is 6.54 Å². The quantitative estimate of drug-likeness (QED) is 0.822. The Morgan fingerprint density at radius 3 is 2.65 bits per heavy atom. The second-order valence-electron chi connectivity index (χ2n) is 7.06. The van der Waals surface area contributed by atoms with Gasteiger partial charge in [0.1, 0.15) is 6.54 Å². The summed E-state index contributed by atoms with van der Waals surface area (Å²) in [5, 5.41) is 2.95. The summed E-state index contributed by atoms with van der Waals surface area (Å²) in [6.07, 6.45) is 2.93. The third-order valence-electron chi connectivity index (χ3n) is 4.57. The molecule has 1 heterocycles. The van der Waals surface area contributed by atoms with Gasteiger partial charge in [-0.05, 0) is 42.9 Å². The molecule has 0 spiro atoms. The van der Waals surface area contributed by atoms with Crippen molar-refractivity contribution in [3.05, 3.63) is 33.8 Å². The van der Waals surface area contributed by atoms with Crippen LogP contribution in [0.15, 0.2) is 22.7 Å². The molecule has 5 nitrogen and oxygen atoms in total. The van der Waals surface area contributed by atoms with Crippen LogP contribution in [0.3, 0.4) is 0 Å². The lowest BCUT2D eigenvalue weighted by Gasteiger charge is -2.19. The van der Waals surface area contributed by atoms with E-state index in [0.29, 0.717) is 11.1 Å². The molecule has 1 atom stereocenters. The molecule has 0 bridgehead atoms. The average Bonchev–Trinajstić information content (AvgIpc) is 2.91. The fourth-order valence-electron chi connectivity index (χ4n) is 3.38. The van der Waals surface area contributed by atoms with Crippen molar-refractivity contribution in [3.8, 4) is 0 Å². The summed E-state index contributed by atoms with van der Waals surface area (Å²) in [6.45, 7) is 4.14. The smallest absolute Gasteiger partial charge is 0.262 e. The summed E-state index contributed by atoms with van der Waals surface area (Å²) in [4.78, 5) is 37.9. The molecule has 0 aromatic heterocycles. The Labute approximate surface area is 143 Å². The molecule has 2 aliphatic rings. The highest BCUT2D eigenvalue weighted by Crippen LogP contribution is 2.36. The molecule has 3 amide bonds. The molecule has 0 saturated heterocycles. The van der Waals surface area contributed by atoms with E-state index >= 15 is 0 Å². The number of halogens is 1.